The molecule has 1 aromatic rings. The van der Waals surface area contributed by atoms with Crippen molar-refractivity contribution in [1.82, 2.24) is 4.90 Å². The first-order valence-electron chi connectivity index (χ1n) is 8.14. The molecule has 1 aromatic carbocycles. The van der Waals surface area contributed by atoms with Crippen LogP contribution in [0.2, 0.25) is 0 Å². The summed E-state index contributed by atoms with van der Waals surface area (Å²) in [5, 5.41) is 9.04. The third-order valence-corrected chi connectivity index (χ3v) is 4.77. The van der Waals surface area contributed by atoms with E-state index in [0.29, 0.717) is 0 Å². The Morgan fingerprint density at radius 2 is 2.00 bits per heavy atom. The van der Waals surface area contributed by atoms with Gasteiger partial charge in [-0.2, -0.15) is 0 Å². The molecule has 0 bridgehead atoms. The molecule has 1 heterocycles. The lowest BCUT2D eigenvalue weighted by Gasteiger charge is -2.20. The highest BCUT2D eigenvalue weighted by Gasteiger charge is 2.16. The quantitative estimate of drug-likeness (QED) is 0.894. The molecule has 2 rings (SSSR count). The molecule has 2 unspecified atom stereocenters. The average Bonchev–Trinajstić information content (AvgIpc) is 2.72. The molecule has 0 spiro atoms. The molecule has 1 N–H and O–H groups in total. The standard InChI is InChI=1S/C18H27NO2/c1-3-15-5-4-11-19(12-10-15)13-16-6-8-17(9-7-16)14(2)18(20)21/h6-9,14-15H,3-5,10-13H2,1-2H3,(H,20,21). The molecule has 1 aliphatic rings. The second kappa shape index (κ2) is 7.60. The molecule has 0 aromatic heterocycles. The number of hydrogen-bond acceptors (Lipinski definition) is 2. The molecule has 3 nitrogen and oxygen atoms in total. The van der Waals surface area contributed by atoms with Gasteiger partial charge in [-0.05, 0) is 56.3 Å². The van der Waals surface area contributed by atoms with Crippen LogP contribution in [0.25, 0.3) is 0 Å². The van der Waals surface area contributed by atoms with Gasteiger partial charge in [0.2, 0.25) is 0 Å². The van der Waals surface area contributed by atoms with E-state index in [2.05, 4.69) is 24.0 Å². The molecule has 1 saturated heterocycles. The Kier molecular flexibility index (Phi) is 5.80. The van der Waals surface area contributed by atoms with E-state index < -0.39 is 11.9 Å². The van der Waals surface area contributed by atoms with E-state index in [1.807, 2.05) is 12.1 Å². The van der Waals surface area contributed by atoms with E-state index in [1.54, 1.807) is 6.92 Å². The van der Waals surface area contributed by atoms with E-state index in [4.69, 9.17) is 5.11 Å². The predicted octanol–water partition coefficient (Wildman–Crippen LogP) is 3.89. The van der Waals surface area contributed by atoms with Crippen LogP contribution in [0.4, 0.5) is 0 Å². The van der Waals surface area contributed by atoms with Crippen molar-refractivity contribution < 1.29 is 9.90 Å². The summed E-state index contributed by atoms with van der Waals surface area (Å²) in [5.74, 6) is -0.294. The van der Waals surface area contributed by atoms with Crippen molar-refractivity contribution in [1.29, 1.82) is 0 Å². The molecule has 0 amide bonds. The fraction of sp³-hybridized carbons (Fsp3) is 0.611. The lowest BCUT2D eigenvalue weighted by Crippen LogP contribution is -2.24. The van der Waals surface area contributed by atoms with Crippen LogP contribution in [0, 0.1) is 5.92 Å². The Hall–Kier alpha value is -1.35. The minimum atomic E-state index is -0.763. The van der Waals surface area contributed by atoms with Gasteiger partial charge in [0.25, 0.3) is 0 Å². The summed E-state index contributed by atoms with van der Waals surface area (Å²) in [7, 11) is 0. The second-order valence-electron chi connectivity index (χ2n) is 6.28. The molecular formula is C18H27NO2. The summed E-state index contributed by atoms with van der Waals surface area (Å²) >= 11 is 0. The van der Waals surface area contributed by atoms with E-state index >= 15 is 0 Å². The summed E-state index contributed by atoms with van der Waals surface area (Å²) in [6.45, 7) is 7.38. The Morgan fingerprint density at radius 1 is 1.29 bits per heavy atom. The van der Waals surface area contributed by atoms with Crippen molar-refractivity contribution in [3.05, 3.63) is 35.4 Å². The number of carboxylic acids is 1. The van der Waals surface area contributed by atoms with E-state index in [-0.39, 0.29) is 0 Å². The minimum absolute atomic E-state index is 0.428. The van der Waals surface area contributed by atoms with Crippen LogP contribution < -0.4 is 0 Å². The van der Waals surface area contributed by atoms with Crippen LogP contribution in [0.5, 0.6) is 0 Å². The number of likely N-dealkylation sites (tertiary alicyclic amines) is 1. The molecule has 0 radical (unpaired) electrons. The molecule has 0 saturated carbocycles. The van der Waals surface area contributed by atoms with Crippen molar-refractivity contribution in [2.45, 2.75) is 52.0 Å². The number of rotatable bonds is 5. The predicted molar refractivity (Wildman–Crippen MR) is 85.4 cm³/mol. The minimum Gasteiger partial charge on any atom is -0.481 e. The fourth-order valence-electron chi connectivity index (χ4n) is 3.10. The zero-order valence-corrected chi connectivity index (χ0v) is 13.2. The molecule has 1 fully saturated rings. The molecule has 116 valence electrons. The molecule has 2 atom stereocenters. The van der Waals surface area contributed by atoms with Gasteiger partial charge in [0.1, 0.15) is 0 Å². The monoisotopic (exact) mass is 289 g/mol. The number of nitrogens with zero attached hydrogens (tertiary/aromatic N) is 1. The SMILES string of the molecule is CCC1CCCN(Cc2ccc(C(C)C(=O)O)cc2)CC1. The normalized spacial score (nSPS) is 21.7. The van der Waals surface area contributed by atoms with E-state index in [1.165, 1.54) is 44.3 Å². The number of carbonyl (C=O) groups is 1. The van der Waals surface area contributed by atoms with Gasteiger partial charge in [-0.3, -0.25) is 9.69 Å². The Morgan fingerprint density at radius 3 is 2.62 bits per heavy atom. The van der Waals surface area contributed by atoms with Gasteiger partial charge in [-0.25, -0.2) is 0 Å². The number of benzene rings is 1. The number of carboxylic acid groups (broad SMARTS) is 1. The molecule has 3 heteroatoms. The van der Waals surface area contributed by atoms with Crippen molar-refractivity contribution in [2.75, 3.05) is 13.1 Å². The van der Waals surface area contributed by atoms with Gasteiger partial charge >= 0.3 is 5.97 Å². The summed E-state index contributed by atoms with van der Waals surface area (Å²) in [4.78, 5) is 13.5. The zero-order chi connectivity index (χ0) is 15.2. The molecular weight excluding hydrogens is 262 g/mol. The first kappa shape index (κ1) is 16.0. The number of aliphatic carboxylic acids is 1. The van der Waals surface area contributed by atoms with Gasteiger partial charge in [0, 0.05) is 6.54 Å². The van der Waals surface area contributed by atoms with Gasteiger partial charge in [-0.1, -0.05) is 37.6 Å². The van der Waals surface area contributed by atoms with Crippen molar-refractivity contribution >= 4 is 5.97 Å². The van der Waals surface area contributed by atoms with Gasteiger partial charge < -0.3 is 5.11 Å². The third kappa shape index (κ3) is 4.57. The van der Waals surface area contributed by atoms with Gasteiger partial charge in [0.05, 0.1) is 5.92 Å². The van der Waals surface area contributed by atoms with Crippen molar-refractivity contribution in [3.63, 3.8) is 0 Å². The maximum Gasteiger partial charge on any atom is 0.310 e. The molecule has 21 heavy (non-hydrogen) atoms. The maximum atomic E-state index is 11.0. The van der Waals surface area contributed by atoms with Gasteiger partial charge in [0.15, 0.2) is 0 Å². The lowest BCUT2D eigenvalue weighted by molar-refractivity contribution is -0.138. The van der Waals surface area contributed by atoms with Crippen molar-refractivity contribution in [2.24, 2.45) is 5.92 Å². The fourth-order valence-corrected chi connectivity index (χ4v) is 3.10. The maximum absolute atomic E-state index is 11.0. The molecule has 1 aliphatic heterocycles. The van der Waals surface area contributed by atoms with Crippen molar-refractivity contribution in [3.8, 4) is 0 Å². The lowest BCUT2D eigenvalue weighted by atomic mass is 9.98. The van der Waals surface area contributed by atoms with Crippen LogP contribution in [-0.2, 0) is 11.3 Å². The topological polar surface area (TPSA) is 40.5 Å². The summed E-state index contributed by atoms with van der Waals surface area (Å²) in [6, 6.07) is 8.08. The highest BCUT2D eigenvalue weighted by Crippen LogP contribution is 2.22. The Bertz CT molecular complexity index is 455. The van der Waals surface area contributed by atoms with E-state index in [0.717, 1.165) is 18.0 Å². The average molecular weight is 289 g/mol. The summed E-state index contributed by atoms with van der Waals surface area (Å²) in [5.41, 5.74) is 2.17. The van der Waals surface area contributed by atoms with Crippen LogP contribution in [-0.4, -0.2) is 29.1 Å². The first-order chi connectivity index (χ1) is 10.1. The van der Waals surface area contributed by atoms with E-state index in [9.17, 15) is 4.79 Å². The smallest absolute Gasteiger partial charge is 0.310 e. The first-order valence-corrected chi connectivity index (χ1v) is 8.14. The summed E-state index contributed by atoms with van der Waals surface area (Å²) in [6.07, 6.45) is 5.27. The zero-order valence-electron chi connectivity index (χ0n) is 13.2. The second-order valence-corrected chi connectivity index (χ2v) is 6.28. The number of hydrogen-bond donors (Lipinski definition) is 1. The van der Waals surface area contributed by atoms with Crippen LogP contribution >= 0.6 is 0 Å². The van der Waals surface area contributed by atoms with Crippen LogP contribution in [0.3, 0.4) is 0 Å². The highest BCUT2D eigenvalue weighted by atomic mass is 16.4. The molecule has 0 aliphatic carbocycles. The Balaban J connectivity index is 1.92. The Labute approximate surface area is 128 Å². The van der Waals surface area contributed by atoms with Crippen LogP contribution in [0.1, 0.15) is 56.6 Å². The van der Waals surface area contributed by atoms with Gasteiger partial charge in [-0.15, -0.1) is 0 Å². The van der Waals surface area contributed by atoms with Crippen LogP contribution in [0.15, 0.2) is 24.3 Å². The largest absolute Gasteiger partial charge is 0.481 e. The summed E-state index contributed by atoms with van der Waals surface area (Å²) < 4.78 is 0. The highest BCUT2D eigenvalue weighted by molar-refractivity contribution is 5.75. The third-order valence-electron chi connectivity index (χ3n) is 4.77.